The summed E-state index contributed by atoms with van der Waals surface area (Å²) >= 11 is 0. The first kappa shape index (κ1) is 16.9. The minimum Gasteiger partial charge on any atom is -0.481 e. The zero-order valence-electron chi connectivity index (χ0n) is 10.4. The summed E-state index contributed by atoms with van der Waals surface area (Å²) in [6.45, 7) is 0.663. The molecule has 0 unspecified atom stereocenters. The molecule has 106 valence electrons. The average Bonchev–Trinajstić information content (AvgIpc) is 2.37. The van der Waals surface area contributed by atoms with Gasteiger partial charge in [0, 0.05) is 13.2 Å². The first-order valence-corrected chi connectivity index (χ1v) is 6.14. The number of aliphatic carboxylic acids is 2. The van der Waals surface area contributed by atoms with Crippen LogP contribution in [0.3, 0.4) is 0 Å². The molecule has 1 fully saturated rings. The lowest BCUT2D eigenvalue weighted by Crippen LogP contribution is -2.19. The van der Waals surface area contributed by atoms with Crippen LogP contribution >= 0.6 is 0 Å². The number of hydrogen-bond acceptors (Lipinski definition) is 4. The quantitative estimate of drug-likeness (QED) is 0.580. The fraction of sp³-hybridized carbons (Fsp3) is 0.833. The summed E-state index contributed by atoms with van der Waals surface area (Å²) in [5.74, 6) is -1.12. The Bertz CT molecular complexity index is 219. The number of carboxylic acid groups (broad SMARTS) is 2. The fourth-order valence-corrected chi connectivity index (χ4v) is 1.81. The fourth-order valence-electron chi connectivity index (χ4n) is 1.81. The van der Waals surface area contributed by atoms with Crippen molar-refractivity contribution in [2.24, 2.45) is 11.8 Å². The molecule has 0 radical (unpaired) electrons. The Morgan fingerprint density at radius 2 is 1.06 bits per heavy atom. The first-order chi connectivity index (χ1) is 8.49. The molecular weight excluding hydrogens is 240 g/mol. The van der Waals surface area contributed by atoms with Crippen LogP contribution in [0.25, 0.3) is 0 Å². The molecule has 0 aliphatic heterocycles. The van der Waals surface area contributed by atoms with Crippen LogP contribution in [0.2, 0.25) is 0 Å². The standard InChI is InChI=1S/C8H16O2.C4H6O4/c9-5-7-1-2-8(6-10)4-3-7;5-3(6)1-2-4(7)8/h7-10H,1-6H2;1-2H2,(H,5,6)(H,7,8). The number of aliphatic hydroxyl groups excluding tert-OH is 2. The van der Waals surface area contributed by atoms with Crippen molar-refractivity contribution in [2.45, 2.75) is 38.5 Å². The van der Waals surface area contributed by atoms with E-state index in [1.165, 1.54) is 0 Å². The van der Waals surface area contributed by atoms with Gasteiger partial charge < -0.3 is 20.4 Å². The molecule has 0 aromatic rings. The van der Waals surface area contributed by atoms with Crippen LogP contribution in [0.4, 0.5) is 0 Å². The molecule has 0 amide bonds. The van der Waals surface area contributed by atoms with Crippen molar-refractivity contribution in [1.29, 1.82) is 0 Å². The van der Waals surface area contributed by atoms with Crippen LogP contribution in [0.15, 0.2) is 0 Å². The third-order valence-corrected chi connectivity index (χ3v) is 3.04. The molecule has 0 aromatic heterocycles. The molecule has 6 nitrogen and oxygen atoms in total. The lowest BCUT2D eigenvalue weighted by atomic mass is 9.83. The maximum Gasteiger partial charge on any atom is 0.303 e. The van der Waals surface area contributed by atoms with E-state index in [0.29, 0.717) is 25.0 Å². The smallest absolute Gasteiger partial charge is 0.303 e. The van der Waals surface area contributed by atoms with Crippen molar-refractivity contribution >= 4 is 11.9 Å². The van der Waals surface area contributed by atoms with Crippen molar-refractivity contribution in [3.05, 3.63) is 0 Å². The Morgan fingerprint density at radius 3 is 1.22 bits per heavy atom. The Morgan fingerprint density at radius 1 is 0.778 bits per heavy atom. The molecule has 0 spiro atoms. The molecule has 0 atom stereocenters. The topological polar surface area (TPSA) is 115 Å². The van der Waals surface area contributed by atoms with Crippen molar-refractivity contribution in [1.82, 2.24) is 0 Å². The number of carboxylic acids is 2. The lowest BCUT2D eigenvalue weighted by Gasteiger charge is -2.25. The molecule has 6 heteroatoms. The zero-order chi connectivity index (χ0) is 14.0. The normalized spacial score (nSPS) is 22.8. The summed E-state index contributed by atoms with van der Waals surface area (Å²) < 4.78 is 0. The van der Waals surface area contributed by atoms with Crippen molar-refractivity contribution in [2.75, 3.05) is 13.2 Å². The minimum absolute atomic E-state index is 0.296. The number of rotatable bonds is 5. The molecule has 0 bridgehead atoms. The number of hydrogen-bond donors (Lipinski definition) is 4. The van der Waals surface area contributed by atoms with Crippen molar-refractivity contribution in [3.63, 3.8) is 0 Å². The van der Waals surface area contributed by atoms with Gasteiger partial charge in [-0.2, -0.15) is 0 Å². The maximum atomic E-state index is 9.64. The van der Waals surface area contributed by atoms with Gasteiger partial charge in [0.15, 0.2) is 0 Å². The second-order valence-electron chi connectivity index (χ2n) is 4.54. The van der Waals surface area contributed by atoms with Crippen molar-refractivity contribution in [3.8, 4) is 0 Å². The third kappa shape index (κ3) is 8.95. The molecule has 1 saturated carbocycles. The summed E-state index contributed by atoms with van der Waals surface area (Å²) in [5, 5.41) is 33.4. The lowest BCUT2D eigenvalue weighted by molar-refractivity contribution is -0.143. The Balaban J connectivity index is 0.000000331. The number of aliphatic hydroxyl groups is 2. The molecule has 0 saturated heterocycles. The van der Waals surface area contributed by atoms with Crippen LogP contribution in [0.1, 0.15) is 38.5 Å². The minimum atomic E-state index is -1.08. The van der Waals surface area contributed by atoms with E-state index in [9.17, 15) is 9.59 Å². The monoisotopic (exact) mass is 262 g/mol. The molecule has 1 aliphatic rings. The van der Waals surface area contributed by atoms with Gasteiger partial charge in [0.05, 0.1) is 12.8 Å². The van der Waals surface area contributed by atoms with E-state index >= 15 is 0 Å². The summed E-state index contributed by atoms with van der Waals surface area (Å²) in [6, 6.07) is 0. The Labute approximate surface area is 106 Å². The highest BCUT2D eigenvalue weighted by Crippen LogP contribution is 2.27. The van der Waals surface area contributed by atoms with Gasteiger partial charge in [-0.1, -0.05) is 0 Å². The van der Waals surface area contributed by atoms with E-state index in [-0.39, 0.29) is 12.8 Å². The molecule has 1 aliphatic carbocycles. The van der Waals surface area contributed by atoms with Gasteiger partial charge in [0.1, 0.15) is 0 Å². The Kier molecular flexibility index (Phi) is 9.22. The summed E-state index contributed by atoms with van der Waals surface area (Å²) in [6.07, 6.45) is 3.80. The molecule has 0 aromatic carbocycles. The maximum absolute atomic E-state index is 9.64. The van der Waals surface area contributed by atoms with E-state index < -0.39 is 11.9 Å². The van der Waals surface area contributed by atoms with Crippen LogP contribution in [0, 0.1) is 11.8 Å². The van der Waals surface area contributed by atoms with Gasteiger partial charge in [-0.3, -0.25) is 9.59 Å². The largest absolute Gasteiger partial charge is 0.481 e. The predicted molar refractivity (Wildman–Crippen MR) is 64.1 cm³/mol. The van der Waals surface area contributed by atoms with Crippen LogP contribution in [0.5, 0.6) is 0 Å². The molecular formula is C12H22O6. The van der Waals surface area contributed by atoms with E-state index in [2.05, 4.69) is 0 Å². The SMILES string of the molecule is O=C(O)CCC(=O)O.OCC1CCC(CO)CC1. The van der Waals surface area contributed by atoms with Crippen LogP contribution in [-0.2, 0) is 9.59 Å². The second-order valence-corrected chi connectivity index (χ2v) is 4.54. The molecule has 1 rings (SSSR count). The molecule has 18 heavy (non-hydrogen) atoms. The van der Waals surface area contributed by atoms with Gasteiger partial charge in [-0.25, -0.2) is 0 Å². The van der Waals surface area contributed by atoms with Gasteiger partial charge >= 0.3 is 11.9 Å². The highest BCUT2D eigenvalue weighted by molar-refractivity contribution is 5.75. The van der Waals surface area contributed by atoms with Gasteiger partial charge in [0.25, 0.3) is 0 Å². The third-order valence-electron chi connectivity index (χ3n) is 3.04. The summed E-state index contributed by atoms with van der Waals surface area (Å²) in [7, 11) is 0. The summed E-state index contributed by atoms with van der Waals surface area (Å²) in [5.41, 5.74) is 0. The van der Waals surface area contributed by atoms with Crippen molar-refractivity contribution < 1.29 is 30.0 Å². The van der Waals surface area contributed by atoms with Crippen LogP contribution < -0.4 is 0 Å². The molecule has 0 heterocycles. The number of carbonyl (C=O) groups is 2. The van der Waals surface area contributed by atoms with E-state index in [4.69, 9.17) is 20.4 Å². The average molecular weight is 262 g/mol. The highest BCUT2D eigenvalue weighted by atomic mass is 16.4. The Hall–Kier alpha value is -1.14. The van der Waals surface area contributed by atoms with Gasteiger partial charge in [0.2, 0.25) is 0 Å². The molecule has 4 N–H and O–H groups in total. The highest BCUT2D eigenvalue weighted by Gasteiger charge is 2.19. The predicted octanol–water partition coefficient (Wildman–Crippen LogP) is 0.713. The second kappa shape index (κ2) is 9.85. The van der Waals surface area contributed by atoms with Gasteiger partial charge in [-0.15, -0.1) is 0 Å². The van der Waals surface area contributed by atoms with Crippen LogP contribution in [-0.4, -0.2) is 45.6 Å². The van der Waals surface area contributed by atoms with E-state index in [1.807, 2.05) is 0 Å². The van der Waals surface area contributed by atoms with E-state index in [0.717, 1.165) is 25.7 Å². The van der Waals surface area contributed by atoms with E-state index in [1.54, 1.807) is 0 Å². The summed E-state index contributed by atoms with van der Waals surface area (Å²) in [4.78, 5) is 19.3. The van der Waals surface area contributed by atoms with Gasteiger partial charge in [-0.05, 0) is 37.5 Å². The first-order valence-electron chi connectivity index (χ1n) is 6.14. The zero-order valence-corrected chi connectivity index (χ0v) is 10.4.